The Morgan fingerprint density at radius 3 is 2.23 bits per heavy atom. The van der Waals surface area contributed by atoms with Crippen LogP contribution in [0, 0.1) is 0 Å². The van der Waals surface area contributed by atoms with Gasteiger partial charge in [-0.05, 0) is 37.3 Å². The van der Waals surface area contributed by atoms with Crippen LogP contribution >= 0.6 is 0 Å². The van der Waals surface area contributed by atoms with E-state index in [-0.39, 0.29) is 19.0 Å². The van der Waals surface area contributed by atoms with Crippen LogP contribution in [0.25, 0.3) is 0 Å². The molecule has 2 aromatic carbocycles. The summed E-state index contributed by atoms with van der Waals surface area (Å²) in [6.45, 7) is 2.20. The number of benzene rings is 2. The van der Waals surface area contributed by atoms with Crippen LogP contribution in [0.1, 0.15) is 22.8 Å². The molecule has 0 aliphatic carbocycles. The number of carbonyl (C=O) groups excluding carboxylic acids is 2. The van der Waals surface area contributed by atoms with Crippen molar-refractivity contribution in [3.63, 3.8) is 0 Å². The van der Waals surface area contributed by atoms with Gasteiger partial charge in [-0.1, -0.05) is 18.2 Å². The predicted octanol–water partition coefficient (Wildman–Crippen LogP) is 1.87. The Hall–Kier alpha value is -3.07. The van der Waals surface area contributed by atoms with Crippen molar-refractivity contribution in [1.29, 1.82) is 0 Å². The first-order valence-corrected chi connectivity index (χ1v) is 11.2. The van der Waals surface area contributed by atoms with E-state index in [1.807, 2.05) is 31.2 Å². The van der Waals surface area contributed by atoms with Gasteiger partial charge < -0.3 is 15.0 Å². The highest BCUT2D eigenvalue weighted by molar-refractivity contribution is 7.92. The minimum Gasteiger partial charge on any atom is -0.494 e. The summed E-state index contributed by atoms with van der Waals surface area (Å²) in [5.74, 6) is 0.0137. The van der Waals surface area contributed by atoms with Crippen LogP contribution in [0.2, 0.25) is 0 Å². The van der Waals surface area contributed by atoms with Crippen molar-refractivity contribution in [3.05, 3.63) is 59.7 Å². The Morgan fingerprint density at radius 1 is 1.03 bits per heavy atom. The molecule has 1 N–H and O–H groups in total. The molecule has 0 saturated heterocycles. The van der Waals surface area contributed by atoms with Crippen LogP contribution in [-0.4, -0.2) is 58.6 Å². The molecule has 0 aromatic heterocycles. The number of nitrogens with zero attached hydrogens (tertiary/aromatic N) is 2. The van der Waals surface area contributed by atoms with E-state index >= 15 is 0 Å². The molecule has 0 saturated carbocycles. The molecule has 0 bridgehead atoms. The van der Waals surface area contributed by atoms with Crippen LogP contribution in [-0.2, 0) is 21.4 Å². The van der Waals surface area contributed by atoms with Gasteiger partial charge in [0, 0.05) is 31.8 Å². The van der Waals surface area contributed by atoms with E-state index in [2.05, 4.69) is 5.32 Å². The fourth-order valence-electron chi connectivity index (χ4n) is 2.75. The highest BCUT2D eigenvalue weighted by Crippen LogP contribution is 2.20. The molecule has 0 radical (unpaired) electrons. The number of para-hydroxylation sites is 1. The van der Waals surface area contributed by atoms with Gasteiger partial charge in [0.05, 0.1) is 18.6 Å². The van der Waals surface area contributed by atoms with Gasteiger partial charge in [-0.2, -0.15) is 0 Å². The summed E-state index contributed by atoms with van der Waals surface area (Å²) in [4.78, 5) is 25.9. The molecule has 0 fully saturated rings. The van der Waals surface area contributed by atoms with E-state index in [0.717, 1.165) is 16.1 Å². The summed E-state index contributed by atoms with van der Waals surface area (Å²) >= 11 is 0. The molecule has 2 amide bonds. The fraction of sp³-hybridized carbons (Fsp3) is 0.333. The van der Waals surface area contributed by atoms with Crippen molar-refractivity contribution in [3.8, 4) is 5.75 Å². The van der Waals surface area contributed by atoms with E-state index < -0.39 is 15.9 Å². The summed E-state index contributed by atoms with van der Waals surface area (Å²) in [6, 6.07) is 13.4. The van der Waals surface area contributed by atoms with E-state index in [4.69, 9.17) is 4.74 Å². The summed E-state index contributed by atoms with van der Waals surface area (Å²) in [5, 5.41) is 2.73. The molecule has 2 aromatic rings. The lowest BCUT2D eigenvalue weighted by molar-refractivity contribution is -0.119. The highest BCUT2D eigenvalue weighted by Gasteiger charge is 2.21. The van der Waals surface area contributed by atoms with Crippen molar-refractivity contribution in [2.45, 2.75) is 13.5 Å². The number of sulfonamides is 1. The van der Waals surface area contributed by atoms with Crippen LogP contribution in [0.4, 0.5) is 5.69 Å². The monoisotopic (exact) mass is 433 g/mol. The number of carbonyl (C=O) groups is 2. The molecule has 0 heterocycles. The summed E-state index contributed by atoms with van der Waals surface area (Å²) in [5.41, 5.74) is 1.53. The molecule has 0 spiro atoms. The minimum atomic E-state index is -3.71. The number of ether oxygens (including phenoxy) is 1. The summed E-state index contributed by atoms with van der Waals surface area (Å²) in [7, 11) is -0.446. The number of hydrogen-bond acceptors (Lipinski definition) is 5. The van der Waals surface area contributed by atoms with Gasteiger partial charge in [-0.15, -0.1) is 0 Å². The Balaban J connectivity index is 2.12. The van der Waals surface area contributed by atoms with Gasteiger partial charge in [0.1, 0.15) is 12.3 Å². The van der Waals surface area contributed by atoms with Gasteiger partial charge in [0.15, 0.2) is 0 Å². The molecule has 0 aliphatic heterocycles. The molecule has 0 unspecified atom stereocenters. The van der Waals surface area contributed by atoms with Gasteiger partial charge in [-0.25, -0.2) is 8.42 Å². The molecule has 9 heteroatoms. The second kappa shape index (κ2) is 10.1. The van der Waals surface area contributed by atoms with Gasteiger partial charge >= 0.3 is 0 Å². The van der Waals surface area contributed by atoms with Crippen molar-refractivity contribution in [2.75, 3.05) is 37.8 Å². The molecule has 0 atom stereocenters. The third-order valence-corrected chi connectivity index (χ3v) is 5.39. The van der Waals surface area contributed by atoms with Gasteiger partial charge in [0.25, 0.3) is 5.91 Å². The Bertz CT molecular complexity index is 988. The second-order valence-corrected chi connectivity index (χ2v) is 8.74. The molecular formula is C21H27N3O5S. The standard InChI is InChI=1S/C21H27N3O5S/c1-5-29-19-9-7-6-8-17(19)14-22-20(25)15-24(30(4,27)28)18-12-10-16(11-13-18)21(26)23(2)3/h6-13H,5,14-15H2,1-4H3,(H,22,25). The SMILES string of the molecule is CCOc1ccccc1CNC(=O)CN(c1ccc(C(=O)N(C)C)cc1)S(C)(=O)=O. The lowest BCUT2D eigenvalue weighted by atomic mass is 10.2. The number of anilines is 1. The van der Waals surface area contributed by atoms with E-state index in [9.17, 15) is 18.0 Å². The lowest BCUT2D eigenvalue weighted by Crippen LogP contribution is -2.40. The van der Waals surface area contributed by atoms with Gasteiger partial charge in [0.2, 0.25) is 15.9 Å². The lowest BCUT2D eigenvalue weighted by Gasteiger charge is -2.22. The van der Waals surface area contributed by atoms with Gasteiger partial charge in [-0.3, -0.25) is 13.9 Å². The minimum absolute atomic E-state index is 0.196. The van der Waals surface area contributed by atoms with E-state index in [1.165, 1.54) is 29.2 Å². The predicted molar refractivity (Wildman–Crippen MR) is 116 cm³/mol. The topological polar surface area (TPSA) is 96.0 Å². The normalized spacial score (nSPS) is 10.9. The third-order valence-electron chi connectivity index (χ3n) is 4.24. The quantitative estimate of drug-likeness (QED) is 0.651. The molecule has 8 nitrogen and oxygen atoms in total. The zero-order chi connectivity index (χ0) is 22.3. The third kappa shape index (κ3) is 6.21. The average Bonchev–Trinajstić information content (AvgIpc) is 2.70. The zero-order valence-electron chi connectivity index (χ0n) is 17.6. The number of amides is 2. The highest BCUT2D eigenvalue weighted by atomic mass is 32.2. The largest absolute Gasteiger partial charge is 0.494 e. The first kappa shape index (κ1) is 23.2. The van der Waals surface area contributed by atoms with Crippen LogP contribution in [0.3, 0.4) is 0 Å². The van der Waals surface area contributed by atoms with Crippen molar-refractivity contribution < 1.29 is 22.7 Å². The Labute approximate surface area is 177 Å². The summed E-state index contributed by atoms with van der Waals surface area (Å²) in [6.07, 6.45) is 1.03. The second-order valence-electron chi connectivity index (χ2n) is 6.83. The van der Waals surface area contributed by atoms with Crippen molar-refractivity contribution in [2.24, 2.45) is 0 Å². The number of hydrogen-bond donors (Lipinski definition) is 1. The summed E-state index contributed by atoms with van der Waals surface area (Å²) < 4.78 is 31.1. The van der Waals surface area contributed by atoms with Crippen molar-refractivity contribution >= 4 is 27.5 Å². The molecule has 162 valence electrons. The Morgan fingerprint density at radius 2 is 1.67 bits per heavy atom. The van der Waals surface area contributed by atoms with Crippen LogP contribution in [0.15, 0.2) is 48.5 Å². The first-order valence-electron chi connectivity index (χ1n) is 9.40. The van der Waals surface area contributed by atoms with E-state index in [0.29, 0.717) is 23.6 Å². The maximum absolute atomic E-state index is 12.5. The van der Waals surface area contributed by atoms with Crippen LogP contribution < -0.4 is 14.4 Å². The number of nitrogens with one attached hydrogen (secondary N) is 1. The molecule has 2 rings (SSSR count). The molecule has 30 heavy (non-hydrogen) atoms. The smallest absolute Gasteiger partial charge is 0.253 e. The van der Waals surface area contributed by atoms with Crippen molar-refractivity contribution in [1.82, 2.24) is 10.2 Å². The average molecular weight is 434 g/mol. The molecular weight excluding hydrogens is 406 g/mol. The Kier molecular flexibility index (Phi) is 7.82. The maximum atomic E-state index is 12.5. The zero-order valence-corrected chi connectivity index (χ0v) is 18.4. The fourth-order valence-corrected chi connectivity index (χ4v) is 3.61. The number of rotatable bonds is 9. The maximum Gasteiger partial charge on any atom is 0.253 e. The first-order chi connectivity index (χ1) is 14.1. The van der Waals surface area contributed by atoms with E-state index in [1.54, 1.807) is 14.1 Å². The molecule has 0 aliphatic rings. The van der Waals surface area contributed by atoms with Crippen LogP contribution in [0.5, 0.6) is 5.75 Å².